The van der Waals surface area contributed by atoms with Crippen molar-refractivity contribution in [2.24, 2.45) is 0 Å². The van der Waals surface area contributed by atoms with Crippen molar-refractivity contribution in [3.8, 4) is 0 Å². The van der Waals surface area contributed by atoms with E-state index in [0.29, 0.717) is 6.04 Å². The Hall–Kier alpha value is -1.09. The SMILES string of the molecule is CNCc1cc(N(C)C2CCCC2)nc(C(C)(C)C)c1. The monoisotopic (exact) mass is 275 g/mol. The van der Waals surface area contributed by atoms with Gasteiger partial charge in [-0.3, -0.25) is 0 Å². The molecule has 3 heteroatoms. The van der Waals surface area contributed by atoms with Crippen molar-refractivity contribution in [2.45, 2.75) is 64.5 Å². The maximum atomic E-state index is 4.93. The van der Waals surface area contributed by atoms with Gasteiger partial charge in [0.1, 0.15) is 5.82 Å². The van der Waals surface area contributed by atoms with Gasteiger partial charge in [0.05, 0.1) is 0 Å². The van der Waals surface area contributed by atoms with E-state index in [1.807, 2.05) is 7.05 Å². The summed E-state index contributed by atoms with van der Waals surface area (Å²) >= 11 is 0. The Bertz CT molecular complexity index is 442. The van der Waals surface area contributed by atoms with Crippen molar-refractivity contribution >= 4 is 5.82 Å². The molecule has 1 aromatic rings. The smallest absolute Gasteiger partial charge is 0.129 e. The Kier molecular flexibility index (Phi) is 4.69. The van der Waals surface area contributed by atoms with Crippen molar-refractivity contribution < 1.29 is 0 Å². The second-order valence-electron chi connectivity index (χ2n) is 7.05. The molecule has 3 nitrogen and oxygen atoms in total. The summed E-state index contributed by atoms with van der Waals surface area (Å²) in [6.45, 7) is 7.60. The molecule has 1 heterocycles. The van der Waals surface area contributed by atoms with E-state index < -0.39 is 0 Å². The summed E-state index contributed by atoms with van der Waals surface area (Å²) in [7, 11) is 4.20. The number of hydrogen-bond acceptors (Lipinski definition) is 3. The van der Waals surface area contributed by atoms with Gasteiger partial charge in [-0.25, -0.2) is 4.98 Å². The second kappa shape index (κ2) is 6.13. The van der Waals surface area contributed by atoms with E-state index in [1.165, 1.54) is 36.9 Å². The predicted octanol–water partition coefficient (Wildman–Crippen LogP) is 3.48. The van der Waals surface area contributed by atoms with Gasteiger partial charge in [0.2, 0.25) is 0 Å². The van der Waals surface area contributed by atoms with Crippen LogP contribution in [0.15, 0.2) is 12.1 Å². The van der Waals surface area contributed by atoms with Crippen LogP contribution >= 0.6 is 0 Å². The second-order valence-corrected chi connectivity index (χ2v) is 7.05. The first-order valence-electron chi connectivity index (χ1n) is 7.80. The fraction of sp³-hybridized carbons (Fsp3) is 0.706. The van der Waals surface area contributed by atoms with Crippen LogP contribution < -0.4 is 10.2 Å². The molecule has 0 bridgehead atoms. The molecule has 0 unspecified atom stereocenters. The van der Waals surface area contributed by atoms with E-state index in [2.05, 4.69) is 50.2 Å². The van der Waals surface area contributed by atoms with Crippen molar-refractivity contribution in [3.05, 3.63) is 23.4 Å². The van der Waals surface area contributed by atoms with E-state index in [1.54, 1.807) is 0 Å². The summed E-state index contributed by atoms with van der Waals surface area (Å²) in [5.74, 6) is 1.13. The number of rotatable bonds is 4. The van der Waals surface area contributed by atoms with Crippen LogP contribution in [0.4, 0.5) is 5.82 Å². The van der Waals surface area contributed by atoms with Gasteiger partial charge in [-0.1, -0.05) is 33.6 Å². The number of pyridine rings is 1. The molecule has 1 aliphatic carbocycles. The summed E-state index contributed by atoms with van der Waals surface area (Å²) in [5.41, 5.74) is 2.60. The topological polar surface area (TPSA) is 28.2 Å². The van der Waals surface area contributed by atoms with Gasteiger partial charge in [0, 0.05) is 30.7 Å². The van der Waals surface area contributed by atoms with Gasteiger partial charge >= 0.3 is 0 Å². The molecular formula is C17H29N3. The third-order valence-corrected chi connectivity index (χ3v) is 4.25. The van der Waals surface area contributed by atoms with E-state index >= 15 is 0 Å². The first-order valence-corrected chi connectivity index (χ1v) is 7.80. The standard InChI is InChI=1S/C17H29N3/c1-17(2,3)15-10-13(12-18-4)11-16(19-15)20(5)14-8-6-7-9-14/h10-11,14,18H,6-9,12H2,1-5H3. The van der Waals surface area contributed by atoms with E-state index in [9.17, 15) is 0 Å². The maximum absolute atomic E-state index is 4.93. The first kappa shape index (κ1) is 15.3. The zero-order valence-electron chi connectivity index (χ0n) is 13.7. The molecule has 0 amide bonds. The average molecular weight is 275 g/mol. The number of aromatic nitrogens is 1. The summed E-state index contributed by atoms with van der Waals surface area (Å²) in [6, 6.07) is 5.15. The Morgan fingerprint density at radius 1 is 1.25 bits per heavy atom. The zero-order chi connectivity index (χ0) is 14.8. The number of anilines is 1. The van der Waals surface area contributed by atoms with Crippen molar-refractivity contribution in [1.82, 2.24) is 10.3 Å². The van der Waals surface area contributed by atoms with E-state index in [-0.39, 0.29) is 5.41 Å². The fourth-order valence-electron chi connectivity index (χ4n) is 2.92. The van der Waals surface area contributed by atoms with E-state index in [4.69, 9.17) is 4.98 Å². The molecule has 1 saturated carbocycles. The summed E-state index contributed by atoms with van der Waals surface area (Å²) in [5, 5.41) is 3.25. The van der Waals surface area contributed by atoms with Crippen LogP contribution in [-0.2, 0) is 12.0 Å². The minimum Gasteiger partial charge on any atom is -0.357 e. The zero-order valence-corrected chi connectivity index (χ0v) is 13.7. The Morgan fingerprint density at radius 2 is 1.90 bits per heavy atom. The molecular weight excluding hydrogens is 246 g/mol. The van der Waals surface area contributed by atoms with Gasteiger partial charge < -0.3 is 10.2 Å². The minimum atomic E-state index is 0.0923. The summed E-state index contributed by atoms with van der Waals surface area (Å²) in [4.78, 5) is 7.32. The van der Waals surface area contributed by atoms with Crippen LogP contribution in [0.5, 0.6) is 0 Å². The third-order valence-electron chi connectivity index (χ3n) is 4.25. The number of nitrogens with zero attached hydrogens (tertiary/aromatic N) is 2. The van der Waals surface area contributed by atoms with Gasteiger partial charge in [-0.15, -0.1) is 0 Å². The highest BCUT2D eigenvalue weighted by molar-refractivity contribution is 5.44. The average Bonchev–Trinajstić information content (AvgIpc) is 2.90. The minimum absolute atomic E-state index is 0.0923. The van der Waals surface area contributed by atoms with Crippen LogP contribution in [0.2, 0.25) is 0 Å². The lowest BCUT2D eigenvalue weighted by Gasteiger charge is -2.28. The third kappa shape index (κ3) is 3.51. The molecule has 1 fully saturated rings. The van der Waals surface area contributed by atoms with Crippen molar-refractivity contribution in [1.29, 1.82) is 0 Å². The molecule has 112 valence electrons. The van der Waals surface area contributed by atoms with Crippen LogP contribution in [0.3, 0.4) is 0 Å². The molecule has 0 spiro atoms. The van der Waals surface area contributed by atoms with Crippen LogP contribution in [0.25, 0.3) is 0 Å². The quantitative estimate of drug-likeness (QED) is 0.912. The molecule has 0 saturated heterocycles. The predicted molar refractivity (Wildman–Crippen MR) is 86.4 cm³/mol. The number of nitrogens with one attached hydrogen (secondary N) is 1. The lowest BCUT2D eigenvalue weighted by Crippen LogP contribution is -2.30. The summed E-state index contributed by atoms with van der Waals surface area (Å²) in [6.07, 6.45) is 5.33. The molecule has 1 N–H and O–H groups in total. The Balaban J connectivity index is 2.32. The maximum Gasteiger partial charge on any atom is 0.129 e. The first-order chi connectivity index (χ1) is 9.41. The van der Waals surface area contributed by atoms with Crippen LogP contribution in [0, 0.1) is 0 Å². The molecule has 1 aromatic heterocycles. The van der Waals surface area contributed by atoms with Crippen LogP contribution in [0.1, 0.15) is 57.7 Å². The molecule has 0 radical (unpaired) electrons. The number of hydrogen-bond donors (Lipinski definition) is 1. The molecule has 0 aliphatic heterocycles. The van der Waals surface area contributed by atoms with Gasteiger partial charge in [0.25, 0.3) is 0 Å². The van der Waals surface area contributed by atoms with Gasteiger partial charge in [-0.2, -0.15) is 0 Å². The summed E-state index contributed by atoms with van der Waals surface area (Å²) < 4.78 is 0. The Labute approximate surface area is 123 Å². The highest BCUT2D eigenvalue weighted by atomic mass is 15.2. The molecule has 0 atom stereocenters. The lowest BCUT2D eigenvalue weighted by molar-refractivity contribution is 0.562. The van der Waals surface area contributed by atoms with Crippen molar-refractivity contribution in [3.63, 3.8) is 0 Å². The fourth-order valence-corrected chi connectivity index (χ4v) is 2.92. The van der Waals surface area contributed by atoms with Crippen LogP contribution in [-0.4, -0.2) is 25.1 Å². The van der Waals surface area contributed by atoms with E-state index in [0.717, 1.165) is 12.4 Å². The lowest BCUT2D eigenvalue weighted by atomic mass is 9.90. The molecule has 2 rings (SSSR count). The molecule has 1 aliphatic rings. The molecule has 0 aromatic carbocycles. The molecule has 20 heavy (non-hydrogen) atoms. The van der Waals surface area contributed by atoms with Gasteiger partial charge in [-0.05, 0) is 37.6 Å². The van der Waals surface area contributed by atoms with Gasteiger partial charge in [0.15, 0.2) is 0 Å². The normalized spacial score (nSPS) is 16.6. The van der Waals surface area contributed by atoms with Crippen molar-refractivity contribution in [2.75, 3.05) is 19.0 Å². The highest BCUT2D eigenvalue weighted by Gasteiger charge is 2.23. The Morgan fingerprint density at radius 3 is 2.45 bits per heavy atom. The highest BCUT2D eigenvalue weighted by Crippen LogP contribution is 2.29. The largest absolute Gasteiger partial charge is 0.357 e.